The molecule has 3 aromatic rings. The molecule has 0 aliphatic rings. The van der Waals surface area contributed by atoms with E-state index >= 15 is 0 Å². The van der Waals surface area contributed by atoms with E-state index < -0.39 is 0 Å². The minimum Gasteiger partial charge on any atom is -0.496 e. The first-order valence-electron chi connectivity index (χ1n) is 7.60. The molecule has 2 aromatic carbocycles. The molecule has 0 fully saturated rings. The van der Waals surface area contributed by atoms with Crippen molar-refractivity contribution in [2.45, 2.75) is 26.7 Å². The molecule has 1 atom stereocenters. The Morgan fingerprint density at radius 1 is 1.00 bits per heavy atom. The van der Waals surface area contributed by atoms with Gasteiger partial charge in [0.15, 0.2) is 0 Å². The van der Waals surface area contributed by atoms with Gasteiger partial charge in [-0.15, -0.1) is 0 Å². The van der Waals surface area contributed by atoms with E-state index in [-0.39, 0.29) is 0 Å². The van der Waals surface area contributed by atoms with Crippen molar-refractivity contribution >= 4 is 10.9 Å². The Balaban J connectivity index is 2.05. The van der Waals surface area contributed by atoms with Crippen LogP contribution in [0.4, 0.5) is 0 Å². The number of benzene rings is 2. The summed E-state index contributed by atoms with van der Waals surface area (Å²) in [5, 5.41) is 1.18. The molecule has 0 aliphatic heterocycles. The highest BCUT2D eigenvalue weighted by Crippen LogP contribution is 2.32. The van der Waals surface area contributed by atoms with Gasteiger partial charge in [0.05, 0.1) is 12.6 Å². The second kappa shape index (κ2) is 5.80. The maximum absolute atomic E-state index is 5.51. The van der Waals surface area contributed by atoms with E-state index in [0.717, 1.165) is 11.3 Å². The number of hydrogen-bond acceptors (Lipinski definition) is 2. The first-order chi connectivity index (χ1) is 10.6. The molecule has 2 heteroatoms. The SMILES string of the molecule is COc1cc(C(C)c2ccc3ncccc3c2)cc(C)c1C. The van der Waals surface area contributed by atoms with Gasteiger partial charge in [0.25, 0.3) is 0 Å². The Hall–Kier alpha value is -2.35. The monoisotopic (exact) mass is 291 g/mol. The maximum Gasteiger partial charge on any atom is 0.122 e. The summed E-state index contributed by atoms with van der Waals surface area (Å²) in [4.78, 5) is 4.39. The van der Waals surface area contributed by atoms with Crippen molar-refractivity contribution in [2.75, 3.05) is 7.11 Å². The van der Waals surface area contributed by atoms with Crippen LogP contribution >= 0.6 is 0 Å². The van der Waals surface area contributed by atoms with Gasteiger partial charge in [-0.2, -0.15) is 0 Å². The Kier molecular flexibility index (Phi) is 3.84. The highest BCUT2D eigenvalue weighted by Gasteiger charge is 2.13. The van der Waals surface area contributed by atoms with Gasteiger partial charge in [0.1, 0.15) is 5.75 Å². The van der Waals surface area contributed by atoms with Gasteiger partial charge >= 0.3 is 0 Å². The number of rotatable bonds is 3. The molecular weight excluding hydrogens is 270 g/mol. The van der Waals surface area contributed by atoms with Crippen LogP contribution in [0.1, 0.15) is 35.1 Å². The van der Waals surface area contributed by atoms with Crippen LogP contribution in [0.25, 0.3) is 10.9 Å². The van der Waals surface area contributed by atoms with E-state index in [1.807, 2.05) is 12.3 Å². The Morgan fingerprint density at radius 3 is 2.59 bits per heavy atom. The molecular formula is C20H21NO. The zero-order valence-corrected chi connectivity index (χ0v) is 13.6. The van der Waals surface area contributed by atoms with Gasteiger partial charge in [0, 0.05) is 17.5 Å². The quantitative estimate of drug-likeness (QED) is 0.676. The van der Waals surface area contributed by atoms with Crippen LogP contribution < -0.4 is 4.74 Å². The highest BCUT2D eigenvalue weighted by molar-refractivity contribution is 5.79. The Labute approximate surface area is 131 Å². The predicted molar refractivity (Wildman–Crippen MR) is 91.7 cm³/mol. The summed E-state index contributed by atoms with van der Waals surface area (Å²) < 4.78 is 5.51. The molecule has 0 radical (unpaired) electrons. The number of pyridine rings is 1. The lowest BCUT2D eigenvalue weighted by Gasteiger charge is -2.17. The fraction of sp³-hybridized carbons (Fsp3) is 0.250. The molecule has 1 aromatic heterocycles. The van der Waals surface area contributed by atoms with Crippen LogP contribution in [0.2, 0.25) is 0 Å². The first kappa shape index (κ1) is 14.6. The second-order valence-electron chi connectivity index (χ2n) is 5.84. The highest BCUT2D eigenvalue weighted by atomic mass is 16.5. The fourth-order valence-electron chi connectivity index (χ4n) is 2.87. The van der Waals surface area contributed by atoms with E-state index in [9.17, 15) is 0 Å². The first-order valence-corrected chi connectivity index (χ1v) is 7.60. The molecule has 1 unspecified atom stereocenters. The summed E-state index contributed by atoms with van der Waals surface area (Å²) >= 11 is 0. The van der Waals surface area contributed by atoms with Crippen LogP contribution in [-0.2, 0) is 0 Å². The number of methoxy groups -OCH3 is 1. The van der Waals surface area contributed by atoms with E-state index in [2.05, 4.69) is 62.2 Å². The summed E-state index contributed by atoms with van der Waals surface area (Å²) in [5.41, 5.74) is 6.09. The normalized spacial score (nSPS) is 12.4. The average Bonchev–Trinajstić information content (AvgIpc) is 2.56. The van der Waals surface area contributed by atoms with Gasteiger partial charge < -0.3 is 4.74 Å². The topological polar surface area (TPSA) is 22.1 Å². The van der Waals surface area contributed by atoms with E-state index in [4.69, 9.17) is 4.74 Å². The summed E-state index contributed by atoms with van der Waals surface area (Å²) in [5.74, 6) is 1.28. The fourth-order valence-corrected chi connectivity index (χ4v) is 2.87. The van der Waals surface area contributed by atoms with Crippen molar-refractivity contribution in [1.82, 2.24) is 4.98 Å². The van der Waals surface area contributed by atoms with Crippen molar-refractivity contribution < 1.29 is 4.74 Å². The molecule has 3 rings (SSSR count). The van der Waals surface area contributed by atoms with Gasteiger partial charge in [-0.1, -0.05) is 25.1 Å². The zero-order valence-electron chi connectivity index (χ0n) is 13.6. The average molecular weight is 291 g/mol. The molecule has 0 bridgehead atoms. The number of ether oxygens (including phenoxy) is 1. The molecule has 0 N–H and O–H groups in total. The lowest BCUT2D eigenvalue weighted by Crippen LogP contribution is -2.00. The zero-order chi connectivity index (χ0) is 15.7. The number of nitrogens with zero attached hydrogens (tertiary/aromatic N) is 1. The standard InChI is InChI=1S/C20H21NO/c1-13-10-18(12-20(22-4)14(13)2)15(3)16-7-8-19-17(11-16)6-5-9-21-19/h5-12,15H,1-4H3. The van der Waals surface area contributed by atoms with Crippen molar-refractivity contribution in [3.05, 3.63) is 70.9 Å². The van der Waals surface area contributed by atoms with Gasteiger partial charge in [-0.05, 0) is 60.4 Å². The van der Waals surface area contributed by atoms with Crippen LogP contribution in [-0.4, -0.2) is 12.1 Å². The summed E-state index contributed by atoms with van der Waals surface area (Å²) in [7, 11) is 1.73. The third kappa shape index (κ3) is 2.57. The molecule has 1 heterocycles. The largest absolute Gasteiger partial charge is 0.496 e. The van der Waals surface area contributed by atoms with E-state index in [0.29, 0.717) is 5.92 Å². The Bertz CT molecular complexity index is 823. The van der Waals surface area contributed by atoms with Crippen LogP contribution in [0.15, 0.2) is 48.7 Å². The van der Waals surface area contributed by atoms with Crippen molar-refractivity contribution in [3.63, 3.8) is 0 Å². The molecule has 0 aliphatic carbocycles. The summed E-state index contributed by atoms with van der Waals surface area (Å²) in [6, 6.07) is 15.0. The van der Waals surface area contributed by atoms with Gasteiger partial charge in [0.2, 0.25) is 0 Å². The third-order valence-corrected chi connectivity index (χ3v) is 4.49. The number of aromatic nitrogens is 1. The molecule has 0 spiro atoms. The predicted octanol–water partition coefficient (Wildman–Crippen LogP) is 5.01. The molecule has 2 nitrogen and oxygen atoms in total. The molecule has 0 saturated heterocycles. The van der Waals surface area contributed by atoms with Crippen LogP contribution in [0.3, 0.4) is 0 Å². The minimum absolute atomic E-state index is 0.317. The lowest BCUT2D eigenvalue weighted by atomic mass is 9.90. The van der Waals surface area contributed by atoms with Crippen molar-refractivity contribution in [2.24, 2.45) is 0 Å². The Morgan fingerprint density at radius 2 is 1.82 bits per heavy atom. The molecule has 0 saturated carbocycles. The molecule has 0 amide bonds. The number of aryl methyl sites for hydroxylation is 1. The second-order valence-corrected chi connectivity index (χ2v) is 5.84. The lowest BCUT2D eigenvalue weighted by molar-refractivity contribution is 0.410. The molecule has 112 valence electrons. The van der Waals surface area contributed by atoms with Crippen molar-refractivity contribution in [3.8, 4) is 5.75 Å². The third-order valence-electron chi connectivity index (χ3n) is 4.49. The number of fused-ring (bicyclic) bond motifs is 1. The number of hydrogen-bond donors (Lipinski definition) is 0. The maximum atomic E-state index is 5.51. The van der Waals surface area contributed by atoms with Gasteiger partial charge in [-0.25, -0.2) is 0 Å². The smallest absolute Gasteiger partial charge is 0.122 e. The van der Waals surface area contributed by atoms with Crippen molar-refractivity contribution in [1.29, 1.82) is 0 Å². The minimum atomic E-state index is 0.317. The summed E-state index contributed by atoms with van der Waals surface area (Å²) in [6.07, 6.45) is 1.83. The van der Waals surface area contributed by atoms with E-state index in [1.165, 1.54) is 27.6 Å². The van der Waals surface area contributed by atoms with Crippen LogP contribution in [0, 0.1) is 13.8 Å². The van der Waals surface area contributed by atoms with Crippen LogP contribution in [0.5, 0.6) is 5.75 Å². The molecule has 22 heavy (non-hydrogen) atoms. The van der Waals surface area contributed by atoms with Gasteiger partial charge in [-0.3, -0.25) is 4.98 Å². The van der Waals surface area contributed by atoms with E-state index in [1.54, 1.807) is 7.11 Å². The summed E-state index contributed by atoms with van der Waals surface area (Å²) in [6.45, 7) is 6.48.